The summed E-state index contributed by atoms with van der Waals surface area (Å²) >= 11 is 3.99. The third kappa shape index (κ3) is 9.13. The summed E-state index contributed by atoms with van der Waals surface area (Å²) in [6, 6.07) is 16.4. The summed E-state index contributed by atoms with van der Waals surface area (Å²) in [5, 5.41) is 12.1. The summed E-state index contributed by atoms with van der Waals surface area (Å²) in [5.41, 5.74) is 10.1. The van der Waals surface area contributed by atoms with E-state index in [9.17, 15) is 9.59 Å². The lowest BCUT2D eigenvalue weighted by molar-refractivity contribution is 0.251. The van der Waals surface area contributed by atoms with Crippen molar-refractivity contribution in [2.75, 3.05) is 23.7 Å². The van der Waals surface area contributed by atoms with Gasteiger partial charge < -0.3 is 21.3 Å². The van der Waals surface area contributed by atoms with E-state index in [1.54, 1.807) is 11.1 Å². The van der Waals surface area contributed by atoms with Gasteiger partial charge in [-0.25, -0.2) is 9.59 Å². The number of anilines is 2. The first-order chi connectivity index (χ1) is 25.8. The van der Waals surface area contributed by atoms with Gasteiger partial charge in [0.1, 0.15) is 0 Å². The highest BCUT2D eigenvalue weighted by Gasteiger charge is 2.59. The molecule has 6 nitrogen and oxygen atoms in total. The largest absolute Gasteiger partial charge is 0.338 e. The molecule has 0 radical (unpaired) electrons. The van der Waals surface area contributed by atoms with Crippen LogP contribution in [-0.4, -0.2) is 34.6 Å². The van der Waals surface area contributed by atoms with Crippen LogP contribution in [0.25, 0.3) is 9.81 Å². The molecule has 1 saturated carbocycles. The quantitative estimate of drug-likeness (QED) is 0.114. The van der Waals surface area contributed by atoms with Crippen LogP contribution < -0.4 is 21.3 Å². The predicted molar refractivity (Wildman–Crippen MR) is 230 cm³/mol. The van der Waals surface area contributed by atoms with Gasteiger partial charge in [-0.05, 0) is 116 Å². The number of nitrogens with one attached hydrogen (secondary N) is 4. The molecule has 2 atom stereocenters. The molecule has 284 valence electrons. The number of thioether (sulfide) groups is 2. The molecule has 0 aromatic heterocycles. The zero-order valence-electron chi connectivity index (χ0n) is 32.4. The number of fused-ring (bicyclic) bond motifs is 4. The van der Waals surface area contributed by atoms with Crippen molar-refractivity contribution in [1.82, 2.24) is 10.6 Å². The second-order valence-electron chi connectivity index (χ2n) is 15.4. The number of unbranched alkanes of at least 4 members (excludes halogenated alkanes) is 10. The van der Waals surface area contributed by atoms with Gasteiger partial charge in [-0.3, -0.25) is 0 Å². The Bertz CT molecular complexity index is 1610. The molecule has 4 amide bonds. The highest BCUT2D eigenvalue weighted by atomic mass is 32.2. The van der Waals surface area contributed by atoms with Gasteiger partial charge in [0.2, 0.25) is 0 Å². The fraction of sp³-hybridized carbons (Fsp3) is 0.511. The molecule has 2 unspecified atom stereocenters. The Balaban J connectivity index is 1.07. The third-order valence-corrected chi connectivity index (χ3v) is 14.8. The maximum atomic E-state index is 12.5. The predicted octanol–water partition coefficient (Wildman–Crippen LogP) is 12.8. The van der Waals surface area contributed by atoms with Gasteiger partial charge in [-0.15, -0.1) is 23.5 Å². The Morgan fingerprint density at radius 1 is 0.566 bits per heavy atom. The van der Waals surface area contributed by atoms with Gasteiger partial charge in [0.15, 0.2) is 0 Å². The topological polar surface area (TPSA) is 82.3 Å². The van der Waals surface area contributed by atoms with Crippen LogP contribution >= 0.6 is 23.5 Å². The van der Waals surface area contributed by atoms with Crippen molar-refractivity contribution < 1.29 is 9.59 Å². The number of benzene rings is 2. The van der Waals surface area contributed by atoms with Gasteiger partial charge in [0, 0.05) is 34.3 Å². The molecule has 2 heterocycles. The highest BCUT2D eigenvalue weighted by Crippen LogP contribution is 2.70. The molecule has 4 N–H and O–H groups in total. The van der Waals surface area contributed by atoms with Crippen molar-refractivity contribution in [3.63, 3.8) is 0 Å². The van der Waals surface area contributed by atoms with Gasteiger partial charge in [-0.2, -0.15) is 0 Å². The van der Waals surface area contributed by atoms with Gasteiger partial charge in [0.05, 0.1) is 9.49 Å². The molecule has 2 aliphatic carbocycles. The van der Waals surface area contributed by atoms with Crippen LogP contribution in [0.5, 0.6) is 0 Å². The summed E-state index contributed by atoms with van der Waals surface area (Å²) < 4.78 is -0.237. The van der Waals surface area contributed by atoms with E-state index in [0.717, 1.165) is 49.9 Å². The Kier molecular flexibility index (Phi) is 13.6. The normalized spacial score (nSPS) is 21.5. The van der Waals surface area contributed by atoms with E-state index in [-0.39, 0.29) is 21.6 Å². The standard InChI is InChI=1S/C45H60N4O2S2/c1-5-7-9-11-13-15-28-46-42(50)48-34-24-20-32(21-25-34)40-30-38-36-18-17-19-37(36)39-31-41(53-45(39,4)44(38,3)52-40)33-22-26-35(27-23-33)49-43(51)47-29-16-14-12-10-8-6-2/h20-27,30-31H,5-19,28-29H2,1-4H3,(H2,46,48,50)(H2,47,49,51). The molecule has 0 saturated heterocycles. The monoisotopic (exact) mass is 752 g/mol. The molecular formula is C45H60N4O2S2. The average Bonchev–Trinajstić information content (AvgIpc) is 3.88. The molecule has 2 aliphatic heterocycles. The fourth-order valence-corrected chi connectivity index (χ4v) is 11.4. The van der Waals surface area contributed by atoms with Crippen LogP contribution in [0.2, 0.25) is 0 Å². The van der Waals surface area contributed by atoms with E-state index < -0.39 is 0 Å². The van der Waals surface area contributed by atoms with Gasteiger partial charge in [-0.1, -0.05) is 102 Å². The van der Waals surface area contributed by atoms with E-state index in [1.165, 1.54) is 89.9 Å². The zero-order valence-corrected chi connectivity index (χ0v) is 34.1. The number of carbonyl (C=O) groups is 2. The molecule has 0 spiro atoms. The molecule has 2 aromatic carbocycles. The van der Waals surface area contributed by atoms with Crippen LogP contribution in [0, 0.1) is 0 Å². The minimum absolute atomic E-state index is 0.118. The number of carbonyl (C=O) groups excluding carboxylic acids is 2. The van der Waals surface area contributed by atoms with E-state index in [0.29, 0.717) is 13.1 Å². The Labute approximate surface area is 327 Å². The first-order valence-corrected chi connectivity index (χ1v) is 22.0. The smallest absolute Gasteiger partial charge is 0.319 e. The summed E-state index contributed by atoms with van der Waals surface area (Å²) in [5.74, 6) is 0. The number of amides is 4. The van der Waals surface area contributed by atoms with E-state index in [1.807, 2.05) is 47.8 Å². The molecule has 4 aliphatic rings. The lowest BCUT2D eigenvalue weighted by Crippen LogP contribution is -2.47. The fourth-order valence-electron chi connectivity index (χ4n) is 8.23. The maximum absolute atomic E-state index is 12.5. The van der Waals surface area contributed by atoms with Crippen LogP contribution in [0.15, 0.2) is 83.0 Å². The number of urea groups is 2. The van der Waals surface area contributed by atoms with Gasteiger partial charge >= 0.3 is 12.1 Å². The minimum Gasteiger partial charge on any atom is -0.338 e. The Hall–Kier alpha value is -3.36. The number of allylic oxidation sites excluding steroid dienone is 4. The Morgan fingerprint density at radius 3 is 1.34 bits per heavy atom. The van der Waals surface area contributed by atoms with Gasteiger partial charge in [0.25, 0.3) is 0 Å². The van der Waals surface area contributed by atoms with Crippen LogP contribution in [-0.2, 0) is 0 Å². The number of hydrogen-bond acceptors (Lipinski definition) is 4. The van der Waals surface area contributed by atoms with E-state index in [4.69, 9.17) is 0 Å². The van der Waals surface area contributed by atoms with Crippen LogP contribution in [0.3, 0.4) is 0 Å². The number of hydrogen-bond donors (Lipinski definition) is 4. The lowest BCUT2D eigenvalue weighted by Gasteiger charge is -2.47. The summed E-state index contributed by atoms with van der Waals surface area (Å²) in [6.07, 6.45) is 22.9. The van der Waals surface area contributed by atoms with E-state index >= 15 is 0 Å². The molecule has 6 rings (SSSR count). The molecular weight excluding hydrogens is 693 g/mol. The number of rotatable bonds is 18. The van der Waals surface area contributed by atoms with Crippen LogP contribution in [0.1, 0.15) is 135 Å². The Morgan fingerprint density at radius 2 is 0.943 bits per heavy atom. The molecule has 53 heavy (non-hydrogen) atoms. The lowest BCUT2D eigenvalue weighted by atomic mass is 9.72. The molecule has 8 heteroatoms. The molecule has 1 fully saturated rings. The van der Waals surface area contributed by atoms with Crippen molar-refractivity contribution in [2.45, 2.75) is 134 Å². The summed E-state index contributed by atoms with van der Waals surface area (Å²) in [6.45, 7) is 10.8. The second-order valence-corrected chi connectivity index (χ2v) is 18.3. The van der Waals surface area contributed by atoms with Crippen molar-refractivity contribution in [2.24, 2.45) is 0 Å². The van der Waals surface area contributed by atoms with Crippen molar-refractivity contribution >= 4 is 56.8 Å². The maximum Gasteiger partial charge on any atom is 0.319 e. The van der Waals surface area contributed by atoms with E-state index in [2.05, 4.69) is 85.4 Å². The molecule has 2 aromatic rings. The van der Waals surface area contributed by atoms with Crippen molar-refractivity contribution in [3.8, 4) is 0 Å². The second kappa shape index (κ2) is 18.3. The average molecular weight is 753 g/mol. The van der Waals surface area contributed by atoms with Crippen molar-refractivity contribution in [1.29, 1.82) is 0 Å². The summed E-state index contributed by atoms with van der Waals surface area (Å²) in [7, 11) is 0. The van der Waals surface area contributed by atoms with Crippen molar-refractivity contribution in [3.05, 3.63) is 94.1 Å². The summed E-state index contributed by atoms with van der Waals surface area (Å²) in [4.78, 5) is 27.7. The first kappa shape index (κ1) is 39.3. The zero-order chi connectivity index (χ0) is 37.3. The van der Waals surface area contributed by atoms with Crippen LogP contribution in [0.4, 0.5) is 21.0 Å². The third-order valence-electron chi connectivity index (χ3n) is 11.5. The minimum atomic E-state index is -0.136. The first-order valence-electron chi connectivity index (χ1n) is 20.4. The highest BCUT2D eigenvalue weighted by molar-refractivity contribution is 8.14. The molecule has 0 bridgehead atoms. The SMILES string of the molecule is CCCCCCCCNC(=O)Nc1ccc(C2=CC3=C4CCCC4=C4C=C(c5ccc(NC(=O)NCCCCCCCC)cc5)SC4(C)C3(C)S2)cc1.